The molecule has 0 aliphatic carbocycles. The summed E-state index contributed by atoms with van der Waals surface area (Å²) in [5.41, 5.74) is 2.38. The third-order valence-electron chi connectivity index (χ3n) is 3.92. The SMILES string of the molecule is CC(NC(=O)c1cc(F)cc2cccnc12)c1ccc(CO)cc1. The van der Waals surface area contributed by atoms with Crippen molar-refractivity contribution < 1.29 is 14.3 Å². The zero-order valence-corrected chi connectivity index (χ0v) is 13.2. The van der Waals surface area contributed by atoms with Gasteiger partial charge in [0, 0.05) is 11.6 Å². The highest BCUT2D eigenvalue weighted by Crippen LogP contribution is 2.20. The minimum absolute atomic E-state index is 0.0258. The highest BCUT2D eigenvalue weighted by Gasteiger charge is 2.16. The Morgan fingerprint density at radius 2 is 2.00 bits per heavy atom. The van der Waals surface area contributed by atoms with Gasteiger partial charge in [0.1, 0.15) is 5.82 Å². The molecule has 1 amide bonds. The number of carbonyl (C=O) groups is 1. The van der Waals surface area contributed by atoms with Gasteiger partial charge >= 0.3 is 0 Å². The molecule has 122 valence electrons. The van der Waals surface area contributed by atoms with Crippen molar-refractivity contribution in [2.75, 3.05) is 0 Å². The molecular formula is C19H17FN2O2. The van der Waals surface area contributed by atoms with Gasteiger partial charge in [0.25, 0.3) is 5.91 Å². The van der Waals surface area contributed by atoms with Crippen LogP contribution in [-0.4, -0.2) is 16.0 Å². The Labute approximate surface area is 139 Å². The topological polar surface area (TPSA) is 62.2 Å². The number of nitrogens with zero attached hydrogens (tertiary/aromatic N) is 1. The molecule has 0 radical (unpaired) electrons. The molecule has 0 saturated heterocycles. The van der Waals surface area contributed by atoms with Crippen LogP contribution in [0.2, 0.25) is 0 Å². The molecule has 2 aromatic carbocycles. The number of rotatable bonds is 4. The van der Waals surface area contributed by atoms with Crippen molar-refractivity contribution >= 4 is 16.8 Å². The van der Waals surface area contributed by atoms with Crippen LogP contribution in [0.1, 0.15) is 34.5 Å². The lowest BCUT2D eigenvalue weighted by molar-refractivity contribution is 0.0941. The second-order valence-corrected chi connectivity index (χ2v) is 5.62. The van der Waals surface area contributed by atoms with E-state index in [9.17, 15) is 9.18 Å². The molecule has 3 rings (SSSR count). The van der Waals surface area contributed by atoms with Crippen LogP contribution in [-0.2, 0) is 6.61 Å². The minimum Gasteiger partial charge on any atom is -0.392 e. The number of aromatic nitrogens is 1. The smallest absolute Gasteiger partial charge is 0.254 e. The van der Waals surface area contributed by atoms with Crippen LogP contribution in [0.5, 0.6) is 0 Å². The van der Waals surface area contributed by atoms with Crippen LogP contribution in [0, 0.1) is 5.82 Å². The largest absolute Gasteiger partial charge is 0.392 e. The summed E-state index contributed by atoms with van der Waals surface area (Å²) in [4.78, 5) is 16.8. The van der Waals surface area contributed by atoms with Crippen molar-refractivity contribution in [3.63, 3.8) is 0 Å². The first kappa shape index (κ1) is 16.1. The Bertz CT molecular complexity index is 878. The van der Waals surface area contributed by atoms with Crippen LogP contribution >= 0.6 is 0 Å². The average molecular weight is 324 g/mol. The number of hydrogen-bond acceptors (Lipinski definition) is 3. The number of benzene rings is 2. The molecule has 0 bridgehead atoms. The van der Waals surface area contributed by atoms with Gasteiger partial charge in [0.15, 0.2) is 0 Å². The number of nitrogens with one attached hydrogen (secondary N) is 1. The predicted molar refractivity (Wildman–Crippen MR) is 89.9 cm³/mol. The molecule has 4 nitrogen and oxygen atoms in total. The Hall–Kier alpha value is -2.79. The Balaban J connectivity index is 1.86. The molecule has 0 fully saturated rings. The maximum atomic E-state index is 13.8. The van der Waals surface area contributed by atoms with Gasteiger partial charge in [-0.05, 0) is 36.2 Å². The maximum Gasteiger partial charge on any atom is 0.254 e. The van der Waals surface area contributed by atoms with Gasteiger partial charge in [0.05, 0.1) is 23.7 Å². The van der Waals surface area contributed by atoms with Crippen molar-refractivity contribution in [3.05, 3.63) is 77.2 Å². The fourth-order valence-electron chi connectivity index (χ4n) is 2.60. The lowest BCUT2D eigenvalue weighted by atomic mass is 10.0. The highest BCUT2D eigenvalue weighted by molar-refractivity contribution is 6.05. The van der Waals surface area contributed by atoms with Gasteiger partial charge in [-0.25, -0.2) is 4.39 Å². The van der Waals surface area contributed by atoms with Crippen LogP contribution in [0.25, 0.3) is 10.9 Å². The normalized spacial score (nSPS) is 12.1. The zero-order valence-electron chi connectivity index (χ0n) is 13.2. The lowest BCUT2D eigenvalue weighted by Gasteiger charge is -2.15. The summed E-state index contributed by atoms with van der Waals surface area (Å²) in [7, 11) is 0. The van der Waals surface area contributed by atoms with Gasteiger partial charge in [0.2, 0.25) is 0 Å². The molecule has 24 heavy (non-hydrogen) atoms. The first-order valence-electron chi connectivity index (χ1n) is 7.63. The summed E-state index contributed by atoms with van der Waals surface area (Å²) >= 11 is 0. The van der Waals surface area contributed by atoms with Crippen molar-refractivity contribution in [1.82, 2.24) is 10.3 Å². The fraction of sp³-hybridized carbons (Fsp3) is 0.158. The summed E-state index contributed by atoms with van der Waals surface area (Å²) < 4.78 is 13.8. The van der Waals surface area contributed by atoms with E-state index >= 15 is 0 Å². The van der Waals surface area contributed by atoms with Crippen LogP contribution in [0.4, 0.5) is 4.39 Å². The molecule has 0 aliphatic heterocycles. The zero-order chi connectivity index (χ0) is 17.1. The number of hydrogen-bond donors (Lipinski definition) is 2. The summed E-state index contributed by atoms with van der Waals surface area (Å²) in [6.45, 7) is 1.82. The van der Waals surface area contributed by atoms with E-state index < -0.39 is 5.82 Å². The molecule has 1 aromatic heterocycles. The van der Waals surface area contributed by atoms with Gasteiger partial charge in [-0.15, -0.1) is 0 Å². The third kappa shape index (κ3) is 3.26. The van der Waals surface area contributed by atoms with E-state index in [1.165, 1.54) is 12.1 Å². The number of amides is 1. The number of fused-ring (bicyclic) bond motifs is 1. The standard InChI is InChI=1S/C19H17FN2O2/c1-12(14-6-4-13(11-23)5-7-14)22-19(24)17-10-16(20)9-15-3-2-8-21-18(15)17/h2-10,12,23H,11H2,1H3,(H,22,24). The summed E-state index contributed by atoms with van der Waals surface area (Å²) in [6, 6.07) is 13.0. The number of aliphatic hydroxyl groups is 1. The van der Waals surface area contributed by atoms with E-state index in [0.29, 0.717) is 10.9 Å². The van der Waals surface area contributed by atoms with Crippen LogP contribution in [0.15, 0.2) is 54.7 Å². The summed E-state index contributed by atoms with van der Waals surface area (Å²) in [5.74, 6) is -0.850. The molecule has 1 unspecified atom stereocenters. The van der Waals surface area contributed by atoms with Gasteiger partial charge in [-0.2, -0.15) is 0 Å². The van der Waals surface area contributed by atoms with Crippen molar-refractivity contribution in [3.8, 4) is 0 Å². The van der Waals surface area contributed by atoms with Crippen molar-refractivity contribution in [2.45, 2.75) is 19.6 Å². The van der Waals surface area contributed by atoms with Gasteiger partial charge < -0.3 is 10.4 Å². The quantitative estimate of drug-likeness (QED) is 0.773. The lowest BCUT2D eigenvalue weighted by Crippen LogP contribution is -2.27. The maximum absolute atomic E-state index is 13.8. The van der Waals surface area contributed by atoms with Crippen LogP contribution in [0.3, 0.4) is 0 Å². The monoisotopic (exact) mass is 324 g/mol. The third-order valence-corrected chi connectivity index (χ3v) is 3.92. The molecule has 0 spiro atoms. The molecule has 1 heterocycles. The number of aliphatic hydroxyl groups excluding tert-OH is 1. The highest BCUT2D eigenvalue weighted by atomic mass is 19.1. The Morgan fingerprint density at radius 1 is 1.25 bits per heavy atom. The van der Waals surface area contributed by atoms with E-state index in [1.807, 2.05) is 19.1 Å². The van der Waals surface area contributed by atoms with E-state index in [2.05, 4.69) is 10.3 Å². The molecule has 0 aliphatic rings. The second-order valence-electron chi connectivity index (χ2n) is 5.62. The molecule has 3 aromatic rings. The minimum atomic E-state index is -0.472. The van der Waals surface area contributed by atoms with Crippen LogP contribution < -0.4 is 5.32 Å². The first-order chi connectivity index (χ1) is 11.6. The molecule has 5 heteroatoms. The van der Waals surface area contributed by atoms with Crippen molar-refractivity contribution in [2.24, 2.45) is 0 Å². The van der Waals surface area contributed by atoms with E-state index in [4.69, 9.17) is 5.11 Å². The van der Waals surface area contributed by atoms with Crippen molar-refractivity contribution in [1.29, 1.82) is 0 Å². The molecule has 0 saturated carbocycles. The Kier molecular flexibility index (Phi) is 4.53. The summed E-state index contributed by atoms with van der Waals surface area (Å²) in [6.07, 6.45) is 1.58. The summed E-state index contributed by atoms with van der Waals surface area (Å²) in [5, 5.41) is 12.5. The van der Waals surface area contributed by atoms with E-state index in [0.717, 1.165) is 11.1 Å². The van der Waals surface area contributed by atoms with Gasteiger partial charge in [-0.3, -0.25) is 9.78 Å². The second kappa shape index (κ2) is 6.76. The molecule has 2 N–H and O–H groups in total. The number of halogens is 1. The number of carbonyl (C=O) groups excluding carboxylic acids is 1. The molecule has 1 atom stereocenters. The van der Waals surface area contributed by atoms with E-state index in [-0.39, 0.29) is 24.1 Å². The first-order valence-corrected chi connectivity index (χ1v) is 7.63. The van der Waals surface area contributed by atoms with Gasteiger partial charge in [-0.1, -0.05) is 30.3 Å². The fourth-order valence-corrected chi connectivity index (χ4v) is 2.60. The predicted octanol–water partition coefficient (Wildman–Crippen LogP) is 3.36. The molecular weight excluding hydrogens is 307 g/mol. The average Bonchev–Trinajstić information content (AvgIpc) is 2.60. The van der Waals surface area contributed by atoms with E-state index in [1.54, 1.807) is 30.5 Å². The Morgan fingerprint density at radius 3 is 2.71 bits per heavy atom. The number of pyridine rings is 1.